The molecule has 1 atom stereocenters. The van der Waals surface area contributed by atoms with E-state index in [9.17, 15) is 9.50 Å². The standard InChI is InChI=1S/C15H14BrFO3/c1-19-11-4-2-3-10(7-11)15(18)9-20-12-5-6-13(16)14(17)8-12/h2-8,15,18H,9H2,1H3. The van der Waals surface area contributed by atoms with Crippen LogP contribution in [-0.2, 0) is 0 Å². The number of halogens is 2. The van der Waals surface area contributed by atoms with Crippen molar-refractivity contribution in [1.82, 2.24) is 0 Å². The van der Waals surface area contributed by atoms with Crippen molar-refractivity contribution in [3.63, 3.8) is 0 Å². The van der Waals surface area contributed by atoms with Gasteiger partial charge in [-0.3, -0.25) is 0 Å². The fraction of sp³-hybridized carbons (Fsp3) is 0.200. The first-order chi connectivity index (χ1) is 9.60. The van der Waals surface area contributed by atoms with Crippen LogP contribution in [0.15, 0.2) is 46.9 Å². The third-order valence-corrected chi connectivity index (χ3v) is 3.42. The highest BCUT2D eigenvalue weighted by Gasteiger charge is 2.10. The summed E-state index contributed by atoms with van der Waals surface area (Å²) in [5.74, 6) is 0.627. The summed E-state index contributed by atoms with van der Waals surface area (Å²) in [4.78, 5) is 0. The Morgan fingerprint density at radius 1 is 1.20 bits per heavy atom. The third kappa shape index (κ3) is 3.71. The van der Waals surface area contributed by atoms with Crippen molar-refractivity contribution in [3.8, 4) is 11.5 Å². The van der Waals surface area contributed by atoms with E-state index in [0.717, 1.165) is 0 Å². The van der Waals surface area contributed by atoms with Crippen LogP contribution in [0.2, 0.25) is 0 Å². The highest BCUT2D eigenvalue weighted by atomic mass is 79.9. The summed E-state index contributed by atoms with van der Waals surface area (Å²) in [6.45, 7) is 0.0360. The normalized spacial score (nSPS) is 12.0. The molecule has 0 aliphatic rings. The molecule has 2 rings (SSSR count). The Labute approximate surface area is 125 Å². The van der Waals surface area contributed by atoms with Crippen LogP contribution in [-0.4, -0.2) is 18.8 Å². The van der Waals surface area contributed by atoms with E-state index in [4.69, 9.17) is 9.47 Å². The van der Waals surface area contributed by atoms with Gasteiger partial charge in [-0.2, -0.15) is 0 Å². The Bertz CT molecular complexity index is 589. The van der Waals surface area contributed by atoms with Crippen LogP contribution in [0.25, 0.3) is 0 Å². The Hall–Kier alpha value is -1.59. The van der Waals surface area contributed by atoms with Gasteiger partial charge >= 0.3 is 0 Å². The molecule has 5 heteroatoms. The van der Waals surface area contributed by atoms with Gasteiger partial charge in [0.05, 0.1) is 11.6 Å². The number of rotatable bonds is 5. The molecule has 0 heterocycles. The molecule has 1 unspecified atom stereocenters. The number of methoxy groups -OCH3 is 1. The number of benzene rings is 2. The molecule has 20 heavy (non-hydrogen) atoms. The van der Waals surface area contributed by atoms with Crippen molar-refractivity contribution in [3.05, 3.63) is 58.3 Å². The number of hydrogen-bond acceptors (Lipinski definition) is 3. The molecule has 2 aromatic rings. The summed E-state index contributed by atoms with van der Waals surface area (Å²) in [5, 5.41) is 10.0. The van der Waals surface area contributed by atoms with Crippen molar-refractivity contribution < 1.29 is 19.0 Å². The second-order valence-corrected chi connectivity index (χ2v) is 5.03. The van der Waals surface area contributed by atoms with E-state index in [1.165, 1.54) is 6.07 Å². The molecule has 0 saturated heterocycles. The minimum Gasteiger partial charge on any atom is -0.497 e. The molecule has 0 saturated carbocycles. The van der Waals surface area contributed by atoms with Crippen LogP contribution in [0.3, 0.4) is 0 Å². The zero-order valence-corrected chi connectivity index (χ0v) is 12.4. The van der Waals surface area contributed by atoms with E-state index < -0.39 is 11.9 Å². The molecular formula is C15H14BrFO3. The van der Waals surface area contributed by atoms with Gasteiger partial charge in [-0.05, 0) is 45.8 Å². The molecule has 0 aromatic heterocycles. The second kappa shape index (κ2) is 6.72. The zero-order chi connectivity index (χ0) is 14.5. The summed E-state index contributed by atoms with van der Waals surface area (Å²) in [6, 6.07) is 11.5. The van der Waals surface area contributed by atoms with Crippen molar-refractivity contribution in [2.24, 2.45) is 0 Å². The molecule has 3 nitrogen and oxygen atoms in total. The minimum absolute atomic E-state index is 0.0360. The number of aliphatic hydroxyl groups excluding tert-OH is 1. The summed E-state index contributed by atoms with van der Waals surface area (Å²) in [7, 11) is 1.56. The van der Waals surface area contributed by atoms with Crippen LogP contribution in [0.4, 0.5) is 4.39 Å². The van der Waals surface area contributed by atoms with Crippen molar-refractivity contribution in [2.75, 3.05) is 13.7 Å². The minimum atomic E-state index is -0.809. The predicted octanol–water partition coefficient (Wildman–Crippen LogP) is 3.71. The van der Waals surface area contributed by atoms with E-state index in [1.807, 2.05) is 0 Å². The second-order valence-electron chi connectivity index (χ2n) is 4.18. The lowest BCUT2D eigenvalue weighted by Crippen LogP contribution is -2.09. The Kier molecular flexibility index (Phi) is 4.98. The molecular weight excluding hydrogens is 327 g/mol. The van der Waals surface area contributed by atoms with Crippen LogP contribution < -0.4 is 9.47 Å². The zero-order valence-electron chi connectivity index (χ0n) is 10.8. The summed E-state index contributed by atoms with van der Waals surface area (Å²) in [6.07, 6.45) is -0.809. The van der Waals surface area contributed by atoms with Gasteiger partial charge in [-0.15, -0.1) is 0 Å². The van der Waals surface area contributed by atoms with Crippen LogP contribution >= 0.6 is 15.9 Å². The lowest BCUT2D eigenvalue weighted by atomic mass is 10.1. The summed E-state index contributed by atoms with van der Waals surface area (Å²) >= 11 is 3.07. The van der Waals surface area contributed by atoms with Gasteiger partial charge in [0.25, 0.3) is 0 Å². The fourth-order valence-electron chi connectivity index (χ4n) is 1.69. The van der Waals surface area contributed by atoms with Gasteiger partial charge in [0.15, 0.2) is 0 Å². The third-order valence-electron chi connectivity index (χ3n) is 2.78. The summed E-state index contributed by atoms with van der Waals surface area (Å²) in [5.41, 5.74) is 0.682. The SMILES string of the molecule is COc1cccc(C(O)COc2ccc(Br)c(F)c2)c1. The van der Waals surface area contributed by atoms with Crippen molar-refractivity contribution >= 4 is 15.9 Å². The lowest BCUT2D eigenvalue weighted by molar-refractivity contribution is 0.108. The Balaban J connectivity index is 2.00. The first kappa shape index (κ1) is 14.8. The average Bonchev–Trinajstić information content (AvgIpc) is 2.48. The maximum absolute atomic E-state index is 13.3. The van der Waals surface area contributed by atoms with E-state index in [-0.39, 0.29) is 6.61 Å². The van der Waals surface area contributed by atoms with E-state index in [2.05, 4.69) is 15.9 Å². The molecule has 0 aliphatic heterocycles. The monoisotopic (exact) mass is 340 g/mol. The van der Waals surface area contributed by atoms with Gasteiger partial charge in [0.1, 0.15) is 30.0 Å². The van der Waals surface area contributed by atoms with E-state index in [0.29, 0.717) is 21.5 Å². The molecule has 0 bridgehead atoms. The molecule has 0 radical (unpaired) electrons. The van der Waals surface area contributed by atoms with Gasteiger partial charge < -0.3 is 14.6 Å². The largest absolute Gasteiger partial charge is 0.497 e. The van der Waals surface area contributed by atoms with Gasteiger partial charge in [-0.1, -0.05) is 12.1 Å². The average molecular weight is 341 g/mol. The maximum Gasteiger partial charge on any atom is 0.141 e. The van der Waals surface area contributed by atoms with Crippen LogP contribution in [0, 0.1) is 5.82 Å². The fourth-order valence-corrected chi connectivity index (χ4v) is 1.93. The van der Waals surface area contributed by atoms with E-state index in [1.54, 1.807) is 43.5 Å². The molecule has 0 fully saturated rings. The van der Waals surface area contributed by atoms with Crippen LogP contribution in [0.1, 0.15) is 11.7 Å². The first-order valence-electron chi connectivity index (χ1n) is 6.00. The molecule has 2 aromatic carbocycles. The molecule has 0 amide bonds. The Morgan fingerprint density at radius 2 is 2.00 bits per heavy atom. The van der Waals surface area contributed by atoms with Gasteiger partial charge in [0, 0.05) is 6.07 Å². The van der Waals surface area contributed by atoms with Gasteiger partial charge in [-0.25, -0.2) is 4.39 Å². The molecule has 1 N–H and O–H groups in total. The van der Waals surface area contributed by atoms with Crippen molar-refractivity contribution in [2.45, 2.75) is 6.10 Å². The first-order valence-corrected chi connectivity index (χ1v) is 6.79. The smallest absolute Gasteiger partial charge is 0.141 e. The lowest BCUT2D eigenvalue weighted by Gasteiger charge is -2.13. The topological polar surface area (TPSA) is 38.7 Å². The van der Waals surface area contributed by atoms with Gasteiger partial charge in [0.2, 0.25) is 0 Å². The predicted molar refractivity (Wildman–Crippen MR) is 77.5 cm³/mol. The number of ether oxygens (including phenoxy) is 2. The van der Waals surface area contributed by atoms with Crippen LogP contribution in [0.5, 0.6) is 11.5 Å². The Morgan fingerprint density at radius 3 is 2.70 bits per heavy atom. The number of hydrogen-bond donors (Lipinski definition) is 1. The van der Waals surface area contributed by atoms with E-state index >= 15 is 0 Å². The highest BCUT2D eigenvalue weighted by molar-refractivity contribution is 9.10. The number of aliphatic hydroxyl groups is 1. The summed E-state index contributed by atoms with van der Waals surface area (Å²) < 4.78 is 24.2. The highest BCUT2D eigenvalue weighted by Crippen LogP contribution is 2.23. The molecule has 0 aliphatic carbocycles. The molecule has 0 spiro atoms. The molecule has 106 valence electrons. The maximum atomic E-state index is 13.3. The van der Waals surface area contributed by atoms with Crippen molar-refractivity contribution in [1.29, 1.82) is 0 Å². The quantitative estimate of drug-likeness (QED) is 0.901.